The Hall–Kier alpha value is -1.71. The molecule has 184 valence electrons. The standard InChI is InChI=1S/C32H40N2S/c33-19-23-11-14-25(15-12-23)34-29(35)30-17-27-26(16-13-22-7-3-1-4-8-22)28-18-31(20-30,32(27,28)21-30)24-9-5-2-6-10-24/h1-10,23,25-28H,11-21,33H2,(H,34,35)/t23-,25-,26?,27?,28?,30?,31?,32?. The molecule has 0 amide bonds. The molecule has 5 aliphatic rings. The Morgan fingerprint density at radius 1 is 0.886 bits per heavy atom. The lowest BCUT2D eigenvalue weighted by Crippen LogP contribution is -2.73. The number of fused-ring (bicyclic) bond motifs is 1. The van der Waals surface area contributed by atoms with Crippen LogP contribution in [0.25, 0.3) is 0 Å². The van der Waals surface area contributed by atoms with Gasteiger partial charge in [0.1, 0.15) is 0 Å². The molecule has 0 heterocycles. The van der Waals surface area contributed by atoms with Crippen LogP contribution in [0.4, 0.5) is 0 Å². The Kier molecular flexibility index (Phi) is 5.23. The number of benzene rings is 2. The second-order valence-electron chi connectivity index (χ2n) is 12.9. The van der Waals surface area contributed by atoms with Gasteiger partial charge in [0.25, 0.3) is 0 Å². The van der Waals surface area contributed by atoms with Gasteiger partial charge < -0.3 is 11.1 Å². The molecule has 35 heavy (non-hydrogen) atoms. The number of rotatable bonds is 7. The predicted molar refractivity (Wildman–Crippen MR) is 147 cm³/mol. The highest BCUT2D eigenvalue weighted by atomic mass is 32.1. The van der Waals surface area contributed by atoms with Crippen LogP contribution in [0, 0.1) is 34.5 Å². The Balaban J connectivity index is 1.14. The minimum atomic E-state index is 0.219. The quantitative estimate of drug-likeness (QED) is 0.445. The van der Waals surface area contributed by atoms with E-state index in [-0.39, 0.29) is 5.41 Å². The van der Waals surface area contributed by atoms with Crippen LogP contribution in [-0.2, 0) is 11.8 Å². The molecule has 5 saturated carbocycles. The Labute approximate surface area is 216 Å². The maximum Gasteiger partial charge on any atom is 0.0818 e. The first-order valence-electron chi connectivity index (χ1n) is 14.2. The molecule has 1 spiro atoms. The van der Waals surface area contributed by atoms with Crippen LogP contribution in [0.15, 0.2) is 60.7 Å². The fourth-order valence-electron chi connectivity index (χ4n) is 10.2. The Morgan fingerprint density at radius 2 is 1.57 bits per heavy atom. The predicted octanol–water partition coefficient (Wildman–Crippen LogP) is 6.43. The highest BCUT2D eigenvalue weighted by Gasteiger charge is 2.87. The maximum atomic E-state index is 6.34. The summed E-state index contributed by atoms with van der Waals surface area (Å²) < 4.78 is 0. The van der Waals surface area contributed by atoms with Crippen LogP contribution in [0.2, 0.25) is 0 Å². The van der Waals surface area contributed by atoms with E-state index < -0.39 is 0 Å². The van der Waals surface area contributed by atoms with Gasteiger partial charge in [-0.25, -0.2) is 0 Å². The zero-order valence-corrected chi connectivity index (χ0v) is 21.7. The van der Waals surface area contributed by atoms with Gasteiger partial charge in [-0.2, -0.15) is 0 Å². The van der Waals surface area contributed by atoms with Crippen LogP contribution >= 0.6 is 12.2 Å². The molecule has 2 aromatic carbocycles. The van der Waals surface area contributed by atoms with E-state index in [9.17, 15) is 0 Å². The van der Waals surface area contributed by atoms with Crippen molar-refractivity contribution in [1.82, 2.24) is 5.32 Å². The van der Waals surface area contributed by atoms with Crippen molar-refractivity contribution in [3.63, 3.8) is 0 Å². The van der Waals surface area contributed by atoms with Crippen molar-refractivity contribution in [2.75, 3.05) is 6.54 Å². The summed E-state index contributed by atoms with van der Waals surface area (Å²) in [5.41, 5.74) is 10.2. The fraction of sp³-hybridized carbons (Fsp3) is 0.594. The van der Waals surface area contributed by atoms with Crippen molar-refractivity contribution >= 4 is 17.2 Å². The second-order valence-corrected chi connectivity index (χ2v) is 13.3. The summed E-state index contributed by atoms with van der Waals surface area (Å²) in [4.78, 5) is 1.22. The number of nitrogens with two attached hydrogens (primary N) is 1. The highest BCUT2D eigenvalue weighted by molar-refractivity contribution is 7.80. The molecule has 7 rings (SSSR count). The maximum absolute atomic E-state index is 6.34. The fourth-order valence-corrected chi connectivity index (χ4v) is 10.6. The molecule has 0 aliphatic heterocycles. The van der Waals surface area contributed by atoms with E-state index in [1.807, 2.05) is 0 Å². The zero-order chi connectivity index (χ0) is 23.7. The molecule has 2 nitrogen and oxygen atoms in total. The summed E-state index contributed by atoms with van der Waals surface area (Å²) >= 11 is 6.34. The number of thiocarbonyl (C=S) groups is 1. The summed E-state index contributed by atoms with van der Waals surface area (Å²) in [6.45, 7) is 0.844. The van der Waals surface area contributed by atoms with Gasteiger partial charge in [-0.3, -0.25) is 0 Å². The molecule has 0 saturated heterocycles. The number of nitrogens with one attached hydrogen (secondary N) is 1. The van der Waals surface area contributed by atoms with Gasteiger partial charge in [0.05, 0.1) is 4.99 Å². The topological polar surface area (TPSA) is 38.0 Å². The average molecular weight is 485 g/mol. The summed E-state index contributed by atoms with van der Waals surface area (Å²) in [5, 5.41) is 3.96. The van der Waals surface area contributed by atoms with Crippen molar-refractivity contribution in [3.8, 4) is 0 Å². The lowest BCUT2D eigenvalue weighted by atomic mass is 9.27. The molecule has 2 bridgehead atoms. The van der Waals surface area contributed by atoms with E-state index in [2.05, 4.69) is 66.0 Å². The first kappa shape index (κ1) is 22.5. The van der Waals surface area contributed by atoms with Crippen molar-refractivity contribution in [2.24, 2.45) is 40.2 Å². The van der Waals surface area contributed by atoms with E-state index in [0.717, 1.165) is 30.2 Å². The number of hydrogen-bond acceptors (Lipinski definition) is 2. The monoisotopic (exact) mass is 484 g/mol. The summed E-state index contributed by atoms with van der Waals surface area (Å²) in [7, 11) is 0. The summed E-state index contributed by atoms with van der Waals surface area (Å²) in [6, 6.07) is 23.3. The molecular formula is C32H40N2S. The average Bonchev–Trinajstić information content (AvgIpc) is 3.37. The molecule has 6 unspecified atom stereocenters. The van der Waals surface area contributed by atoms with Crippen molar-refractivity contribution in [3.05, 3.63) is 71.8 Å². The summed E-state index contributed by atoms with van der Waals surface area (Å²) in [5.74, 6) is 3.36. The van der Waals surface area contributed by atoms with E-state index in [4.69, 9.17) is 18.0 Å². The number of hydrogen-bond donors (Lipinski definition) is 2. The van der Waals surface area contributed by atoms with E-state index in [0.29, 0.717) is 16.9 Å². The van der Waals surface area contributed by atoms with Crippen LogP contribution in [0.3, 0.4) is 0 Å². The van der Waals surface area contributed by atoms with E-state index in [1.165, 1.54) is 74.8 Å². The second kappa shape index (κ2) is 8.15. The van der Waals surface area contributed by atoms with Crippen molar-refractivity contribution in [2.45, 2.75) is 75.7 Å². The molecule has 0 radical (unpaired) electrons. The molecule has 0 aromatic heterocycles. The van der Waals surface area contributed by atoms with Gasteiger partial charge in [0.2, 0.25) is 0 Å². The Morgan fingerprint density at radius 3 is 2.29 bits per heavy atom. The minimum absolute atomic E-state index is 0.219. The van der Waals surface area contributed by atoms with Gasteiger partial charge in [-0.05, 0) is 111 Å². The van der Waals surface area contributed by atoms with Crippen molar-refractivity contribution < 1.29 is 0 Å². The molecule has 5 fully saturated rings. The first-order chi connectivity index (χ1) is 17.1. The molecule has 6 atom stereocenters. The van der Waals surface area contributed by atoms with Crippen LogP contribution < -0.4 is 11.1 Å². The van der Waals surface area contributed by atoms with E-state index in [1.54, 1.807) is 5.56 Å². The van der Waals surface area contributed by atoms with Gasteiger partial charge in [-0.15, -0.1) is 0 Å². The third-order valence-electron chi connectivity index (χ3n) is 11.6. The van der Waals surface area contributed by atoms with Gasteiger partial charge in [0.15, 0.2) is 0 Å². The lowest BCUT2D eigenvalue weighted by Gasteiger charge is -2.77. The summed E-state index contributed by atoms with van der Waals surface area (Å²) in [6.07, 6.45) is 12.9. The van der Waals surface area contributed by atoms with Crippen LogP contribution in [0.1, 0.15) is 68.9 Å². The third kappa shape index (κ3) is 3.07. The highest BCUT2D eigenvalue weighted by Crippen LogP contribution is 2.91. The molecule has 3 N–H and O–H groups in total. The molecular weight excluding hydrogens is 444 g/mol. The first-order valence-corrected chi connectivity index (χ1v) is 14.6. The lowest BCUT2D eigenvalue weighted by molar-refractivity contribution is -0.250. The van der Waals surface area contributed by atoms with Crippen LogP contribution in [0.5, 0.6) is 0 Å². The van der Waals surface area contributed by atoms with Gasteiger partial charge >= 0.3 is 0 Å². The minimum Gasteiger partial charge on any atom is -0.376 e. The zero-order valence-electron chi connectivity index (χ0n) is 20.9. The third-order valence-corrected chi connectivity index (χ3v) is 12.2. The van der Waals surface area contributed by atoms with E-state index >= 15 is 0 Å². The van der Waals surface area contributed by atoms with Gasteiger partial charge in [0, 0.05) is 16.9 Å². The smallest absolute Gasteiger partial charge is 0.0818 e. The molecule has 2 aromatic rings. The number of aryl methyl sites for hydroxylation is 1. The van der Waals surface area contributed by atoms with Crippen molar-refractivity contribution in [1.29, 1.82) is 0 Å². The normalized spacial score (nSPS) is 42.6. The van der Waals surface area contributed by atoms with Gasteiger partial charge in [-0.1, -0.05) is 72.9 Å². The molecule has 3 heteroatoms. The largest absolute Gasteiger partial charge is 0.376 e. The van der Waals surface area contributed by atoms with Crippen LogP contribution in [-0.4, -0.2) is 17.6 Å². The Bertz CT molecular complexity index is 1090. The molecule has 5 aliphatic carbocycles. The SMILES string of the molecule is NC[C@H]1CC[C@H](NC(=S)C23CC4C(CCc5ccccc5)C5CC(c6ccccc6)(C2)C45C3)CC1.